The van der Waals surface area contributed by atoms with Crippen molar-refractivity contribution in [3.63, 3.8) is 0 Å². The van der Waals surface area contributed by atoms with E-state index in [2.05, 4.69) is 46.8 Å². The first-order chi connectivity index (χ1) is 29.5. The van der Waals surface area contributed by atoms with Crippen LogP contribution in [0.25, 0.3) is 28.1 Å². The van der Waals surface area contributed by atoms with Crippen LogP contribution in [0.4, 0.5) is 26.0 Å². The fourth-order valence-corrected chi connectivity index (χ4v) is 10.1. The lowest BCUT2D eigenvalue weighted by atomic mass is 9.91. The number of benzene rings is 2. The molecule has 3 aromatic heterocycles. The van der Waals surface area contributed by atoms with Gasteiger partial charge < -0.3 is 9.80 Å². The number of piperidine rings is 2. The fraction of sp³-hybridized carbons (Fsp3) is 0.372. The van der Waals surface area contributed by atoms with Crippen LogP contribution in [0, 0.1) is 11.7 Å². The van der Waals surface area contributed by atoms with Crippen LogP contribution in [-0.4, -0.2) is 114 Å². The van der Waals surface area contributed by atoms with Gasteiger partial charge in [-0.2, -0.15) is 17.8 Å². The van der Waals surface area contributed by atoms with Crippen LogP contribution in [-0.2, 0) is 19.8 Å². The number of nitrogens with one attached hydrogen (secondary N) is 2. The average molecular weight is 871 g/mol. The molecule has 2 N–H and O–H groups in total. The molecule has 5 aromatic rings. The Kier molecular flexibility index (Phi) is 11.5. The number of imide groups is 1. The average Bonchev–Trinajstić information content (AvgIpc) is 3.70. The van der Waals surface area contributed by atoms with E-state index >= 15 is 4.39 Å². The molecule has 0 saturated carbocycles. The number of anilines is 3. The van der Waals surface area contributed by atoms with Gasteiger partial charge in [0.15, 0.2) is 5.82 Å². The molecular weight excluding hydrogens is 826 g/mol. The highest BCUT2D eigenvalue weighted by molar-refractivity contribution is 7.90. The molecule has 4 aliphatic rings. The second-order valence-corrected chi connectivity index (χ2v) is 18.2. The van der Waals surface area contributed by atoms with E-state index in [0.717, 1.165) is 85.7 Å². The number of hydrogen-bond acceptors (Lipinski definition) is 10. The van der Waals surface area contributed by atoms with E-state index < -0.39 is 22.2 Å². The van der Waals surface area contributed by atoms with Crippen molar-refractivity contribution in [1.82, 2.24) is 34.3 Å². The highest BCUT2D eigenvalue weighted by atomic mass is 35.5. The Balaban J connectivity index is 0.822. The minimum Gasteiger partial charge on any atom is -0.369 e. The summed E-state index contributed by atoms with van der Waals surface area (Å²) >= 11 is 6.44. The van der Waals surface area contributed by atoms with Crippen molar-refractivity contribution in [2.45, 2.75) is 37.8 Å². The number of amides is 2. The number of carbonyl (C=O) groups excluding carboxylic acids is 2. The van der Waals surface area contributed by atoms with Crippen LogP contribution >= 0.6 is 11.6 Å². The molecule has 14 nitrogen and oxygen atoms in total. The van der Waals surface area contributed by atoms with Crippen LogP contribution < -0.4 is 19.8 Å². The van der Waals surface area contributed by atoms with Crippen molar-refractivity contribution >= 4 is 50.8 Å². The molecule has 0 unspecified atom stereocenters. The Morgan fingerprint density at radius 2 is 1.57 bits per heavy atom. The molecule has 0 spiro atoms. The molecule has 318 valence electrons. The van der Waals surface area contributed by atoms with E-state index in [4.69, 9.17) is 16.7 Å². The summed E-state index contributed by atoms with van der Waals surface area (Å²) in [5.41, 5.74) is 3.90. The predicted molar refractivity (Wildman–Crippen MR) is 229 cm³/mol. The second kappa shape index (κ2) is 17.1. The largest absolute Gasteiger partial charge is 0.369 e. The molecule has 2 aromatic carbocycles. The molecule has 0 aliphatic carbocycles. The Morgan fingerprint density at radius 3 is 2.25 bits per heavy atom. The van der Waals surface area contributed by atoms with E-state index in [0.29, 0.717) is 35.6 Å². The number of rotatable bonds is 11. The highest BCUT2D eigenvalue weighted by Crippen LogP contribution is 2.38. The third-order valence-corrected chi connectivity index (χ3v) is 13.8. The Bertz CT molecular complexity index is 2510. The zero-order chi connectivity index (χ0) is 42.3. The molecule has 1 atom stereocenters. The summed E-state index contributed by atoms with van der Waals surface area (Å²) in [6, 6.07) is 18.2. The van der Waals surface area contributed by atoms with Crippen molar-refractivity contribution in [3.05, 3.63) is 102 Å². The van der Waals surface area contributed by atoms with Crippen molar-refractivity contribution in [2.75, 3.05) is 73.4 Å². The van der Waals surface area contributed by atoms with E-state index in [1.807, 2.05) is 24.3 Å². The van der Waals surface area contributed by atoms with Gasteiger partial charge in [-0.05, 0) is 85.3 Å². The number of piperazine rings is 1. The molecule has 0 radical (unpaired) electrons. The number of hydrogen-bond donors (Lipinski definition) is 2. The SMILES string of the molecule is O=C1CC[C@H](c2ccc(N3CCC(CN4CCN(c5ccc(-n6cc(-c7cc(Cl)cc(NS(=O)(=O)N8CC(F)C8)c7F)c(-c7ccncc7)n6)cc5)CC4)CC3)nc2)C(=O)N1. The first kappa shape index (κ1) is 40.9. The fourth-order valence-electron chi connectivity index (χ4n) is 8.59. The zero-order valence-electron chi connectivity index (χ0n) is 33.3. The maximum absolute atomic E-state index is 16.3. The first-order valence-electron chi connectivity index (χ1n) is 20.5. The van der Waals surface area contributed by atoms with Gasteiger partial charge in [0.25, 0.3) is 0 Å². The minimum absolute atomic E-state index is 0.0469. The van der Waals surface area contributed by atoms with Gasteiger partial charge in [-0.3, -0.25) is 29.5 Å². The summed E-state index contributed by atoms with van der Waals surface area (Å²) in [6.45, 7) is 6.04. The topological polar surface area (TPSA) is 149 Å². The van der Waals surface area contributed by atoms with Crippen LogP contribution in [0.2, 0.25) is 5.02 Å². The molecule has 0 bridgehead atoms. The smallest absolute Gasteiger partial charge is 0.301 e. The van der Waals surface area contributed by atoms with Crippen molar-refractivity contribution in [2.24, 2.45) is 5.92 Å². The lowest BCUT2D eigenvalue weighted by Crippen LogP contribution is -2.53. The second-order valence-electron chi connectivity index (χ2n) is 16.1. The molecule has 9 rings (SSSR count). The molecular formula is C43H45ClF2N10O4S. The molecule has 18 heteroatoms. The van der Waals surface area contributed by atoms with Crippen molar-refractivity contribution in [3.8, 4) is 28.1 Å². The molecule has 61 heavy (non-hydrogen) atoms. The molecule has 7 heterocycles. The number of halogens is 3. The van der Waals surface area contributed by atoms with Gasteiger partial charge in [-0.15, -0.1) is 0 Å². The quantitative estimate of drug-likeness (QED) is 0.160. The van der Waals surface area contributed by atoms with E-state index in [1.54, 1.807) is 41.6 Å². The van der Waals surface area contributed by atoms with Gasteiger partial charge in [0.05, 0.1) is 17.3 Å². The maximum atomic E-state index is 16.3. The molecule has 4 aliphatic heterocycles. The maximum Gasteiger partial charge on any atom is 0.301 e. The summed E-state index contributed by atoms with van der Waals surface area (Å²) < 4.78 is 60.2. The van der Waals surface area contributed by atoms with Gasteiger partial charge in [0, 0.05) is 118 Å². The Labute approximate surface area is 357 Å². The Morgan fingerprint density at radius 1 is 0.852 bits per heavy atom. The minimum atomic E-state index is -4.20. The normalized spacial score (nSPS) is 19.8. The molecule has 4 fully saturated rings. The Hall–Kier alpha value is -5.49. The third-order valence-electron chi connectivity index (χ3n) is 12.1. The number of carbonyl (C=O) groups is 2. The highest BCUT2D eigenvalue weighted by Gasteiger charge is 2.37. The van der Waals surface area contributed by atoms with Crippen LogP contribution in [0.15, 0.2) is 85.5 Å². The van der Waals surface area contributed by atoms with Crippen LogP contribution in [0.5, 0.6) is 0 Å². The predicted octanol–water partition coefficient (Wildman–Crippen LogP) is 5.66. The van der Waals surface area contributed by atoms with E-state index in [-0.39, 0.29) is 47.1 Å². The zero-order valence-corrected chi connectivity index (χ0v) is 34.8. The van der Waals surface area contributed by atoms with Gasteiger partial charge in [0.2, 0.25) is 11.8 Å². The summed E-state index contributed by atoms with van der Waals surface area (Å²) in [5.74, 6) is -0.104. The van der Waals surface area contributed by atoms with Crippen LogP contribution in [0.1, 0.15) is 37.2 Å². The number of aromatic nitrogens is 4. The van der Waals surface area contributed by atoms with Crippen molar-refractivity contribution < 1.29 is 26.8 Å². The van der Waals surface area contributed by atoms with Gasteiger partial charge in [0.1, 0.15) is 17.7 Å². The summed E-state index contributed by atoms with van der Waals surface area (Å²) in [7, 11) is -4.20. The molecule has 4 saturated heterocycles. The van der Waals surface area contributed by atoms with Gasteiger partial charge in [-0.25, -0.2) is 18.4 Å². The van der Waals surface area contributed by atoms with Crippen LogP contribution in [0.3, 0.4) is 0 Å². The summed E-state index contributed by atoms with van der Waals surface area (Å²) in [5, 5.41) is 7.39. The van der Waals surface area contributed by atoms with Gasteiger partial charge in [-0.1, -0.05) is 17.7 Å². The lowest BCUT2D eigenvalue weighted by molar-refractivity contribution is -0.134. The van der Waals surface area contributed by atoms with E-state index in [9.17, 15) is 22.4 Å². The molecule has 2 amide bonds. The number of alkyl halides is 1. The van der Waals surface area contributed by atoms with E-state index in [1.165, 1.54) is 12.1 Å². The summed E-state index contributed by atoms with van der Waals surface area (Å²) in [6.07, 6.45) is 8.47. The number of nitrogens with zero attached hydrogens (tertiary/aromatic N) is 8. The standard InChI is InChI=1S/C43H45ClF2N10O4S/c44-31-21-36(41(46)38(22-31)51-61(59,60)55-25-32(45)26-55)37-27-56(50-42(37)29-9-13-47-14-10-29)34-4-2-33(3-5-34)53-19-17-52(18-20-53)24-28-11-15-54(16-12-28)39-7-1-30(23-48-39)35-6-8-40(57)49-43(35)58/h1-5,7,9-10,13-14,21-23,27-28,32,35,51H,6,8,11-12,15-20,24-26H2,(H,49,57,58)/t35-/m1/s1. The van der Waals surface area contributed by atoms with Crippen molar-refractivity contribution in [1.29, 1.82) is 0 Å². The third kappa shape index (κ3) is 8.82. The first-order valence-corrected chi connectivity index (χ1v) is 22.3. The number of pyridine rings is 2. The summed E-state index contributed by atoms with van der Waals surface area (Å²) in [4.78, 5) is 39.9. The lowest BCUT2D eigenvalue weighted by Gasteiger charge is -2.40. The van der Waals surface area contributed by atoms with Gasteiger partial charge >= 0.3 is 10.2 Å². The monoisotopic (exact) mass is 870 g/mol.